The summed E-state index contributed by atoms with van der Waals surface area (Å²) in [4.78, 5) is 16.2. The molecule has 0 saturated carbocycles. The molecule has 2 rings (SSSR count). The van der Waals surface area contributed by atoms with Crippen molar-refractivity contribution >= 4 is 59.0 Å². The molecular weight excluding hydrogens is 490 g/mol. The lowest BCUT2D eigenvalue weighted by Crippen LogP contribution is -2.41. The minimum absolute atomic E-state index is 0. The first-order chi connectivity index (χ1) is 12.1. The minimum atomic E-state index is -0.248. The third kappa shape index (κ3) is 7.43. The molecule has 0 aliphatic rings. The maximum absolute atomic E-state index is 11.7. The maximum Gasteiger partial charge on any atom is 0.287 e. The van der Waals surface area contributed by atoms with E-state index < -0.39 is 0 Å². The zero-order valence-electron chi connectivity index (χ0n) is 14.2. The molecule has 6 nitrogen and oxygen atoms in total. The van der Waals surface area contributed by atoms with Gasteiger partial charge in [-0.25, -0.2) is 4.99 Å². The van der Waals surface area contributed by atoms with Gasteiger partial charge in [0.05, 0.1) is 12.8 Å². The van der Waals surface area contributed by atoms with Crippen LogP contribution in [0.15, 0.2) is 46.0 Å². The molecule has 0 atom stereocenters. The standard InChI is InChI=1S/C17H20Cl2N4O2.HI/c1-2-20-17(23-11-12-5-6-13(18)10-14(12)19)22-8-7-21-16(24)15-4-3-9-25-15;/h3-6,9-10H,2,7-8,11H2,1H3,(H,21,24)(H2,20,22,23);1H. The highest BCUT2D eigenvalue weighted by molar-refractivity contribution is 14.0. The normalized spacial score (nSPS) is 10.8. The fraction of sp³-hybridized carbons (Fsp3) is 0.294. The first kappa shape index (κ1) is 22.6. The summed E-state index contributed by atoms with van der Waals surface area (Å²) < 4.78 is 5.03. The molecule has 0 saturated heterocycles. The third-order valence-corrected chi connectivity index (χ3v) is 3.80. The van der Waals surface area contributed by atoms with Gasteiger partial charge in [-0.2, -0.15) is 0 Å². The van der Waals surface area contributed by atoms with E-state index in [-0.39, 0.29) is 35.6 Å². The SMILES string of the molecule is CCNC(=NCc1ccc(Cl)cc1Cl)NCCNC(=O)c1ccco1.I. The Labute approximate surface area is 179 Å². The summed E-state index contributed by atoms with van der Waals surface area (Å²) in [7, 11) is 0. The van der Waals surface area contributed by atoms with E-state index in [1.165, 1.54) is 6.26 Å². The molecule has 0 unspecified atom stereocenters. The molecule has 3 N–H and O–H groups in total. The van der Waals surface area contributed by atoms with E-state index in [2.05, 4.69) is 20.9 Å². The van der Waals surface area contributed by atoms with Crippen molar-refractivity contribution in [2.24, 2.45) is 4.99 Å². The Morgan fingerprint density at radius 1 is 1.15 bits per heavy atom. The van der Waals surface area contributed by atoms with Crippen LogP contribution < -0.4 is 16.0 Å². The van der Waals surface area contributed by atoms with Gasteiger partial charge in [-0.15, -0.1) is 24.0 Å². The van der Waals surface area contributed by atoms with Crippen molar-refractivity contribution < 1.29 is 9.21 Å². The number of amides is 1. The average Bonchev–Trinajstić information content (AvgIpc) is 3.12. The number of guanidine groups is 1. The van der Waals surface area contributed by atoms with Crippen LogP contribution in [0.1, 0.15) is 23.0 Å². The molecule has 0 bridgehead atoms. The highest BCUT2D eigenvalue weighted by Gasteiger charge is 2.07. The summed E-state index contributed by atoms with van der Waals surface area (Å²) in [6.45, 7) is 4.08. The van der Waals surface area contributed by atoms with Gasteiger partial charge < -0.3 is 20.4 Å². The second-order valence-corrected chi connectivity index (χ2v) is 5.93. The predicted octanol–water partition coefficient (Wildman–Crippen LogP) is 3.69. The second-order valence-electron chi connectivity index (χ2n) is 5.09. The van der Waals surface area contributed by atoms with Crippen LogP contribution in [0.3, 0.4) is 0 Å². The molecule has 1 aromatic carbocycles. The number of carbonyl (C=O) groups is 1. The van der Waals surface area contributed by atoms with Crippen molar-refractivity contribution in [3.05, 3.63) is 58.0 Å². The first-order valence-corrected chi connectivity index (χ1v) is 8.63. The van der Waals surface area contributed by atoms with Crippen LogP contribution in [-0.2, 0) is 6.54 Å². The zero-order valence-corrected chi connectivity index (χ0v) is 18.1. The van der Waals surface area contributed by atoms with Crippen LogP contribution >= 0.6 is 47.2 Å². The summed E-state index contributed by atoms with van der Waals surface area (Å²) in [5, 5.41) is 10.2. The van der Waals surface area contributed by atoms with Crippen LogP contribution in [0.5, 0.6) is 0 Å². The number of nitrogens with zero attached hydrogens (tertiary/aromatic N) is 1. The largest absolute Gasteiger partial charge is 0.459 e. The first-order valence-electron chi connectivity index (χ1n) is 7.88. The fourth-order valence-corrected chi connectivity index (χ4v) is 2.48. The smallest absolute Gasteiger partial charge is 0.287 e. The quantitative estimate of drug-likeness (QED) is 0.230. The van der Waals surface area contributed by atoms with E-state index in [1.54, 1.807) is 24.3 Å². The van der Waals surface area contributed by atoms with Gasteiger partial charge in [0.25, 0.3) is 5.91 Å². The van der Waals surface area contributed by atoms with E-state index in [0.717, 1.165) is 12.1 Å². The Kier molecular flexibility index (Phi) is 10.5. The van der Waals surface area contributed by atoms with E-state index in [9.17, 15) is 4.79 Å². The van der Waals surface area contributed by atoms with Crippen LogP contribution in [-0.4, -0.2) is 31.5 Å². The Morgan fingerprint density at radius 2 is 1.92 bits per heavy atom. The molecule has 142 valence electrons. The number of furan rings is 1. The molecule has 1 amide bonds. The highest BCUT2D eigenvalue weighted by Crippen LogP contribution is 2.21. The molecule has 0 spiro atoms. The van der Waals surface area contributed by atoms with Crippen molar-refractivity contribution in [3.8, 4) is 0 Å². The molecule has 0 fully saturated rings. The van der Waals surface area contributed by atoms with Crippen molar-refractivity contribution in [2.75, 3.05) is 19.6 Å². The molecule has 1 aromatic heterocycles. The summed E-state index contributed by atoms with van der Waals surface area (Å²) in [6.07, 6.45) is 1.46. The van der Waals surface area contributed by atoms with Gasteiger partial charge >= 0.3 is 0 Å². The van der Waals surface area contributed by atoms with Gasteiger partial charge in [0, 0.05) is 29.7 Å². The van der Waals surface area contributed by atoms with Gasteiger partial charge in [0.15, 0.2) is 11.7 Å². The van der Waals surface area contributed by atoms with E-state index in [1.807, 2.05) is 13.0 Å². The topological polar surface area (TPSA) is 78.7 Å². The minimum Gasteiger partial charge on any atom is -0.459 e. The molecule has 26 heavy (non-hydrogen) atoms. The maximum atomic E-state index is 11.7. The zero-order chi connectivity index (χ0) is 18.1. The van der Waals surface area contributed by atoms with Gasteiger partial charge in [0.1, 0.15) is 0 Å². The van der Waals surface area contributed by atoms with Crippen molar-refractivity contribution in [1.82, 2.24) is 16.0 Å². The molecule has 0 radical (unpaired) electrons. The highest BCUT2D eigenvalue weighted by atomic mass is 127. The Bertz CT molecular complexity index is 724. The summed E-state index contributed by atoms with van der Waals surface area (Å²) >= 11 is 12.0. The van der Waals surface area contributed by atoms with Crippen molar-refractivity contribution in [3.63, 3.8) is 0 Å². The number of benzene rings is 1. The van der Waals surface area contributed by atoms with Crippen LogP contribution in [0, 0.1) is 0 Å². The average molecular weight is 511 g/mol. The van der Waals surface area contributed by atoms with Gasteiger partial charge in [-0.05, 0) is 36.8 Å². The van der Waals surface area contributed by atoms with Crippen LogP contribution in [0.25, 0.3) is 0 Å². The number of aliphatic imine (C=N–C) groups is 1. The number of rotatable bonds is 7. The number of carbonyl (C=O) groups excluding carboxylic acids is 1. The Morgan fingerprint density at radius 3 is 2.58 bits per heavy atom. The van der Waals surface area contributed by atoms with Crippen molar-refractivity contribution in [2.45, 2.75) is 13.5 Å². The van der Waals surface area contributed by atoms with E-state index in [0.29, 0.717) is 35.6 Å². The van der Waals surface area contributed by atoms with Gasteiger partial charge in [-0.3, -0.25) is 4.79 Å². The predicted molar refractivity (Wildman–Crippen MR) is 116 cm³/mol. The summed E-state index contributed by atoms with van der Waals surface area (Å²) in [5.74, 6) is 0.681. The molecule has 0 aliphatic carbocycles. The van der Waals surface area contributed by atoms with E-state index in [4.69, 9.17) is 27.6 Å². The van der Waals surface area contributed by atoms with Gasteiger partial charge in [-0.1, -0.05) is 29.3 Å². The lowest BCUT2D eigenvalue weighted by molar-refractivity contribution is 0.0926. The van der Waals surface area contributed by atoms with E-state index >= 15 is 0 Å². The summed E-state index contributed by atoms with van der Waals surface area (Å²) in [5.41, 5.74) is 0.884. The number of nitrogens with one attached hydrogen (secondary N) is 3. The molecule has 0 aliphatic heterocycles. The Balaban J connectivity index is 0.00000338. The van der Waals surface area contributed by atoms with Crippen molar-refractivity contribution in [1.29, 1.82) is 0 Å². The molecular formula is C17H21Cl2IN4O2. The van der Waals surface area contributed by atoms with Gasteiger partial charge in [0.2, 0.25) is 0 Å². The number of halogens is 3. The molecule has 2 aromatic rings. The molecule has 9 heteroatoms. The lowest BCUT2D eigenvalue weighted by atomic mass is 10.2. The second kappa shape index (κ2) is 12.0. The Hall–Kier alpha value is -1.45. The number of hydrogen-bond acceptors (Lipinski definition) is 3. The fourth-order valence-electron chi connectivity index (χ4n) is 2.01. The van der Waals surface area contributed by atoms with Crippen LogP contribution in [0.4, 0.5) is 0 Å². The summed E-state index contributed by atoms with van der Waals surface area (Å²) in [6, 6.07) is 8.61. The van der Waals surface area contributed by atoms with Crippen LogP contribution in [0.2, 0.25) is 10.0 Å². The molecule has 1 heterocycles. The number of hydrogen-bond donors (Lipinski definition) is 3. The monoisotopic (exact) mass is 510 g/mol. The third-order valence-electron chi connectivity index (χ3n) is 3.21. The lowest BCUT2D eigenvalue weighted by Gasteiger charge is -2.12.